The summed E-state index contributed by atoms with van der Waals surface area (Å²) in [7, 11) is 3.31. The van der Waals surface area contributed by atoms with Gasteiger partial charge >= 0.3 is 0 Å². The highest BCUT2D eigenvalue weighted by Gasteiger charge is 2.34. The smallest absolute Gasteiger partial charge is 0.271 e. The summed E-state index contributed by atoms with van der Waals surface area (Å²) < 4.78 is 21.7. The number of ether oxygens (including phenoxy) is 3. The van der Waals surface area contributed by atoms with Gasteiger partial charge in [-0.25, -0.2) is 4.99 Å². The van der Waals surface area contributed by atoms with Crippen molar-refractivity contribution in [2.45, 2.75) is 18.9 Å². The molecule has 0 fully saturated rings. The highest BCUT2D eigenvalue weighted by atomic mass is 127. The molecule has 9 heteroatoms. The number of aromatic nitrogens is 1. The van der Waals surface area contributed by atoms with Crippen molar-refractivity contribution < 1.29 is 14.2 Å². The van der Waals surface area contributed by atoms with Gasteiger partial charge < -0.3 is 14.2 Å². The Bertz CT molecular complexity index is 1880. The minimum Gasteiger partial charge on any atom is -0.497 e. The zero-order valence-electron chi connectivity index (χ0n) is 22.4. The van der Waals surface area contributed by atoms with Crippen molar-refractivity contribution in [2.24, 2.45) is 4.99 Å². The second-order valence-corrected chi connectivity index (χ2v) is 13.0. The molecule has 1 atom stereocenters. The van der Waals surface area contributed by atoms with Gasteiger partial charge in [0.2, 0.25) is 0 Å². The van der Waals surface area contributed by atoms with Crippen LogP contribution in [-0.4, -0.2) is 25.4 Å². The van der Waals surface area contributed by atoms with E-state index in [2.05, 4.69) is 70.0 Å². The zero-order valence-corrected chi connectivity index (χ0v) is 27.6. The lowest BCUT2D eigenvalue weighted by molar-refractivity contribution is 0.358. The Kier molecular flexibility index (Phi) is 8.10. The summed E-state index contributed by atoms with van der Waals surface area (Å²) in [6.07, 6.45) is 5.36. The lowest BCUT2D eigenvalue weighted by Crippen LogP contribution is -2.39. The third-order valence-electron chi connectivity index (χ3n) is 7.27. The molecule has 1 aromatic heterocycles. The number of hydrogen-bond donors (Lipinski definition) is 0. The Balaban J connectivity index is 1.59. The molecule has 1 aliphatic carbocycles. The highest BCUT2D eigenvalue weighted by molar-refractivity contribution is 14.1. The second-order valence-electron chi connectivity index (χ2n) is 9.63. The van der Waals surface area contributed by atoms with Gasteiger partial charge in [0.05, 0.1) is 37.6 Å². The van der Waals surface area contributed by atoms with E-state index in [0.717, 1.165) is 53.7 Å². The lowest BCUT2D eigenvalue weighted by atomic mass is 9.83. The molecule has 0 bridgehead atoms. The van der Waals surface area contributed by atoms with Gasteiger partial charge in [-0.1, -0.05) is 48.3 Å². The standard InChI is InChI=1S/C32H26I2N2O4S/c1-4-13-40-30-24(33)14-18(15-25(30)34)16-27-31(37)36-29(23-17-20(38-2)10-12-26(23)39-3)22-11-9-19-7-5-6-8-21(19)28(22)35-32(36)41-27/h4-8,10,12,14-17,29H,1,9,11,13H2,2-3H3. The third-order valence-corrected chi connectivity index (χ3v) is 9.85. The van der Waals surface area contributed by atoms with Gasteiger partial charge in [-0.05, 0) is 111 Å². The summed E-state index contributed by atoms with van der Waals surface area (Å²) in [4.78, 5) is 20.0. The van der Waals surface area contributed by atoms with Crippen molar-refractivity contribution in [3.05, 3.63) is 122 Å². The lowest BCUT2D eigenvalue weighted by Gasteiger charge is -2.31. The molecule has 0 saturated heterocycles. The van der Waals surface area contributed by atoms with Crippen LogP contribution in [0.2, 0.25) is 0 Å². The van der Waals surface area contributed by atoms with Crippen molar-refractivity contribution in [3.63, 3.8) is 0 Å². The fourth-order valence-electron chi connectivity index (χ4n) is 5.45. The summed E-state index contributed by atoms with van der Waals surface area (Å²) in [6, 6.07) is 17.9. The minimum absolute atomic E-state index is 0.0777. The Morgan fingerprint density at radius 1 is 1.07 bits per heavy atom. The van der Waals surface area contributed by atoms with E-state index in [0.29, 0.717) is 27.4 Å². The van der Waals surface area contributed by atoms with Gasteiger partial charge in [0.25, 0.3) is 5.56 Å². The van der Waals surface area contributed by atoms with Gasteiger partial charge in [0.1, 0.15) is 23.9 Å². The van der Waals surface area contributed by atoms with Crippen LogP contribution in [0.25, 0.3) is 11.8 Å². The fraction of sp³-hybridized carbons (Fsp3) is 0.188. The van der Waals surface area contributed by atoms with Crippen molar-refractivity contribution in [2.75, 3.05) is 20.8 Å². The summed E-state index contributed by atoms with van der Waals surface area (Å²) >= 11 is 5.96. The summed E-state index contributed by atoms with van der Waals surface area (Å²) in [5.74, 6) is 2.24. The number of fused-ring (bicyclic) bond motifs is 3. The first kappa shape index (κ1) is 28.2. The molecule has 3 aromatic carbocycles. The Labute approximate surface area is 269 Å². The molecule has 4 aromatic rings. The van der Waals surface area contributed by atoms with E-state index in [1.54, 1.807) is 20.3 Å². The molecule has 0 N–H and O–H groups in total. The van der Waals surface area contributed by atoms with Crippen molar-refractivity contribution in [3.8, 4) is 17.2 Å². The van der Waals surface area contributed by atoms with Crippen LogP contribution >= 0.6 is 56.5 Å². The number of allylic oxidation sites excluding steroid dienone is 1. The van der Waals surface area contributed by atoms with Gasteiger partial charge in [-0.3, -0.25) is 9.36 Å². The van der Waals surface area contributed by atoms with Crippen molar-refractivity contribution in [1.82, 2.24) is 4.57 Å². The molecule has 1 aliphatic heterocycles. The zero-order chi connectivity index (χ0) is 28.7. The number of nitrogens with zero attached hydrogens (tertiary/aromatic N) is 2. The van der Waals surface area contributed by atoms with E-state index >= 15 is 0 Å². The topological polar surface area (TPSA) is 62.0 Å². The second kappa shape index (κ2) is 11.8. The van der Waals surface area contributed by atoms with E-state index in [4.69, 9.17) is 19.2 Å². The number of halogens is 2. The first-order chi connectivity index (χ1) is 19.9. The number of aryl methyl sites for hydroxylation is 1. The van der Waals surface area contributed by atoms with E-state index in [-0.39, 0.29) is 11.6 Å². The van der Waals surface area contributed by atoms with Gasteiger partial charge in [-0.2, -0.15) is 0 Å². The maximum absolute atomic E-state index is 14.2. The van der Waals surface area contributed by atoms with Crippen LogP contribution in [0.4, 0.5) is 0 Å². The normalized spacial score (nSPS) is 15.9. The quantitative estimate of drug-likeness (QED) is 0.168. The molecule has 0 radical (unpaired) electrons. The predicted octanol–water partition coefficient (Wildman–Crippen LogP) is 6.11. The maximum Gasteiger partial charge on any atom is 0.271 e. The minimum atomic E-state index is -0.364. The number of thiazole rings is 1. The van der Waals surface area contributed by atoms with Crippen molar-refractivity contribution >= 4 is 68.3 Å². The average Bonchev–Trinajstić information content (AvgIpc) is 3.29. The number of hydrogen-bond acceptors (Lipinski definition) is 6. The van der Waals surface area contributed by atoms with Crippen LogP contribution < -0.4 is 29.1 Å². The average molecular weight is 788 g/mol. The Hall–Kier alpha value is -2.90. The van der Waals surface area contributed by atoms with Gasteiger partial charge in [-0.15, -0.1) is 0 Å². The van der Waals surface area contributed by atoms with Crippen LogP contribution in [0.15, 0.2) is 82.6 Å². The fourth-order valence-corrected chi connectivity index (χ4v) is 8.58. The molecule has 2 heterocycles. The molecular weight excluding hydrogens is 762 g/mol. The van der Waals surface area contributed by atoms with Crippen LogP contribution in [0.5, 0.6) is 17.2 Å². The van der Waals surface area contributed by atoms with Crippen LogP contribution in [0.1, 0.15) is 34.7 Å². The number of methoxy groups -OCH3 is 2. The van der Waals surface area contributed by atoms with Gasteiger partial charge in [0, 0.05) is 11.1 Å². The molecule has 1 unspecified atom stereocenters. The van der Waals surface area contributed by atoms with Crippen LogP contribution in [-0.2, 0) is 6.42 Å². The number of benzene rings is 3. The molecule has 0 saturated carbocycles. The SMILES string of the molecule is C=CCOc1c(I)cc(C=c2sc3n(c2=O)C(c2cc(OC)ccc2OC)C2=C(N=3)c3ccccc3CC2)cc1I. The molecule has 6 nitrogen and oxygen atoms in total. The Morgan fingerprint density at radius 2 is 1.85 bits per heavy atom. The van der Waals surface area contributed by atoms with E-state index in [1.165, 1.54) is 16.9 Å². The monoisotopic (exact) mass is 788 g/mol. The molecule has 6 rings (SSSR count). The number of rotatable bonds is 7. The largest absolute Gasteiger partial charge is 0.497 e. The maximum atomic E-state index is 14.2. The van der Waals surface area contributed by atoms with E-state index in [1.807, 2.05) is 47.0 Å². The summed E-state index contributed by atoms with van der Waals surface area (Å²) in [5.41, 5.74) is 6.19. The molecule has 208 valence electrons. The predicted molar refractivity (Wildman–Crippen MR) is 180 cm³/mol. The molecule has 41 heavy (non-hydrogen) atoms. The Morgan fingerprint density at radius 3 is 2.59 bits per heavy atom. The molecule has 0 spiro atoms. The van der Waals surface area contributed by atoms with Crippen LogP contribution in [0, 0.1) is 7.14 Å². The molecule has 0 amide bonds. The van der Waals surface area contributed by atoms with E-state index < -0.39 is 0 Å². The van der Waals surface area contributed by atoms with Crippen LogP contribution in [0.3, 0.4) is 0 Å². The van der Waals surface area contributed by atoms with Gasteiger partial charge in [0.15, 0.2) is 4.80 Å². The first-order valence-corrected chi connectivity index (χ1v) is 16.0. The highest BCUT2D eigenvalue weighted by Crippen LogP contribution is 2.44. The molecular formula is C32H26I2N2O4S. The summed E-state index contributed by atoms with van der Waals surface area (Å²) in [6.45, 7) is 4.17. The first-order valence-electron chi connectivity index (χ1n) is 13.0. The molecule has 2 aliphatic rings. The third kappa shape index (κ3) is 5.16. The summed E-state index contributed by atoms with van der Waals surface area (Å²) in [5, 5.41) is 0. The van der Waals surface area contributed by atoms with E-state index in [9.17, 15) is 4.79 Å². The van der Waals surface area contributed by atoms with Crippen molar-refractivity contribution in [1.29, 1.82) is 0 Å².